The second-order valence-electron chi connectivity index (χ2n) is 5.50. The van der Waals surface area contributed by atoms with Crippen LogP contribution in [0, 0.1) is 20.8 Å². The number of rotatable bonds is 5. The van der Waals surface area contributed by atoms with Crippen LogP contribution in [0.15, 0.2) is 12.1 Å². The Morgan fingerprint density at radius 1 is 1.38 bits per heavy atom. The smallest absolute Gasteiger partial charge is 0.239 e. The van der Waals surface area contributed by atoms with E-state index in [4.69, 9.17) is 10.5 Å². The Labute approximate surface area is 124 Å². The van der Waals surface area contributed by atoms with Gasteiger partial charge >= 0.3 is 0 Å². The van der Waals surface area contributed by atoms with Gasteiger partial charge in [-0.2, -0.15) is 0 Å². The highest BCUT2D eigenvalue weighted by atomic mass is 16.5. The van der Waals surface area contributed by atoms with Crippen LogP contribution >= 0.6 is 0 Å². The van der Waals surface area contributed by atoms with Crippen LogP contribution in [0.3, 0.4) is 0 Å². The van der Waals surface area contributed by atoms with Crippen LogP contribution in [0.1, 0.15) is 22.4 Å². The number of hydrogen-bond acceptors (Lipinski definition) is 3. The Morgan fingerprint density at radius 2 is 2.10 bits per heavy atom. The van der Waals surface area contributed by atoms with E-state index in [1.54, 1.807) is 0 Å². The molecule has 1 atom stereocenters. The molecule has 0 aliphatic carbocycles. The number of hydrogen-bond donors (Lipinski definition) is 3. The number of benzene rings is 1. The zero-order valence-corrected chi connectivity index (χ0v) is 13.0. The third kappa shape index (κ3) is 3.25. The summed E-state index contributed by atoms with van der Waals surface area (Å²) in [6, 6.07) is 3.61. The van der Waals surface area contributed by atoms with Crippen LogP contribution in [0.2, 0.25) is 0 Å². The summed E-state index contributed by atoms with van der Waals surface area (Å²) in [5.74, 6) is -0.202. The maximum absolute atomic E-state index is 11.9. The first-order valence-electron chi connectivity index (χ1n) is 7.04. The largest absolute Gasteiger partial charge is 0.383 e. The lowest BCUT2D eigenvalue weighted by atomic mass is 10.0. The first kappa shape index (κ1) is 15.5. The van der Waals surface area contributed by atoms with Gasteiger partial charge in [-0.15, -0.1) is 0 Å². The summed E-state index contributed by atoms with van der Waals surface area (Å²) in [6.45, 7) is 6.89. The van der Waals surface area contributed by atoms with Gasteiger partial charge in [-0.05, 0) is 38.0 Å². The van der Waals surface area contributed by atoms with Crippen LogP contribution in [-0.2, 0) is 16.1 Å². The summed E-state index contributed by atoms with van der Waals surface area (Å²) in [6.07, 6.45) is 0. The molecule has 21 heavy (non-hydrogen) atoms. The van der Waals surface area contributed by atoms with E-state index in [0.29, 0.717) is 6.54 Å². The first-order valence-corrected chi connectivity index (χ1v) is 7.04. The summed E-state index contributed by atoms with van der Waals surface area (Å²) < 4.78 is 4.89. The van der Waals surface area contributed by atoms with Crippen molar-refractivity contribution >= 4 is 16.8 Å². The number of carbonyl (C=O) groups is 1. The standard InChI is InChI=1S/C16H23N3O2/c1-9-5-12(7-18-16(20)14(17)8-21-4)15-13(6-9)10(2)11(3)19-15/h5-6,14,19H,7-8,17H2,1-4H3,(H,18,20). The lowest BCUT2D eigenvalue weighted by molar-refractivity contribution is -0.123. The van der Waals surface area contributed by atoms with Gasteiger partial charge in [0.05, 0.1) is 12.1 Å². The normalized spacial score (nSPS) is 12.6. The molecule has 1 heterocycles. The molecule has 0 saturated heterocycles. The molecule has 5 heteroatoms. The van der Waals surface area contributed by atoms with Crippen molar-refractivity contribution in [3.05, 3.63) is 34.5 Å². The number of nitrogens with two attached hydrogens (primary N) is 1. The quantitative estimate of drug-likeness (QED) is 0.783. The molecule has 0 spiro atoms. The zero-order valence-electron chi connectivity index (χ0n) is 13.0. The number of aromatic amines is 1. The van der Waals surface area contributed by atoms with Crippen LogP contribution in [0.4, 0.5) is 0 Å². The van der Waals surface area contributed by atoms with Crippen molar-refractivity contribution in [1.82, 2.24) is 10.3 Å². The number of aromatic nitrogens is 1. The van der Waals surface area contributed by atoms with E-state index in [0.717, 1.165) is 16.8 Å². The summed E-state index contributed by atoms with van der Waals surface area (Å²) in [5, 5.41) is 4.07. The van der Waals surface area contributed by atoms with Gasteiger partial charge in [-0.3, -0.25) is 4.79 Å². The number of H-pyrrole nitrogens is 1. The van der Waals surface area contributed by atoms with Crippen molar-refractivity contribution < 1.29 is 9.53 Å². The molecule has 0 aliphatic heterocycles. The maximum Gasteiger partial charge on any atom is 0.239 e. The molecule has 0 radical (unpaired) electrons. The molecule has 1 amide bonds. The highest BCUT2D eigenvalue weighted by Gasteiger charge is 2.14. The number of methoxy groups -OCH3 is 1. The number of nitrogens with one attached hydrogen (secondary N) is 2. The second-order valence-corrected chi connectivity index (χ2v) is 5.50. The maximum atomic E-state index is 11.9. The lowest BCUT2D eigenvalue weighted by Crippen LogP contribution is -2.43. The minimum absolute atomic E-state index is 0.202. The van der Waals surface area contributed by atoms with E-state index < -0.39 is 6.04 Å². The van der Waals surface area contributed by atoms with Gasteiger partial charge < -0.3 is 20.8 Å². The minimum atomic E-state index is -0.637. The van der Waals surface area contributed by atoms with Gasteiger partial charge in [0, 0.05) is 24.7 Å². The Balaban J connectivity index is 2.22. The number of fused-ring (bicyclic) bond motifs is 1. The zero-order chi connectivity index (χ0) is 15.6. The van der Waals surface area contributed by atoms with Crippen molar-refractivity contribution in [2.75, 3.05) is 13.7 Å². The fourth-order valence-electron chi connectivity index (χ4n) is 2.50. The number of amides is 1. The van der Waals surface area contributed by atoms with Gasteiger partial charge in [-0.25, -0.2) is 0 Å². The molecule has 4 N–H and O–H groups in total. The highest BCUT2D eigenvalue weighted by Crippen LogP contribution is 2.25. The summed E-state index contributed by atoms with van der Waals surface area (Å²) in [5.41, 5.74) is 11.4. The number of carbonyl (C=O) groups excluding carboxylic acids is 1. The molecule has 1 unspecified atom stereocenters. The molecule has 2 rings (SSSR count). The first-order chi connectivity index (χ1) is 9.93. The Bertz CT molecular complexity index is 661. The van der Waals surface area contributed by atoms with Crippen molar-refractivity contribution in [2.24, 2.45) is 5.73 Å². The molecule has 114 valence electrons. The Hall–Kier alpha value is -1.85. The molecule has 0 saturated carbocycles. The molecule has 1 aromatic carbocycles. The van der Waals surface area contributed by atoms with Crippen LogP contribution in [0.25, 0.3) is 10.9 Å². The van der Waals surface area contributed by atoms with E-state index in [-0.39, 0.29) is 12.5 Å². The van der Waals surface area contributed by atoms with Crippen molar-refractivity contribution in [3.63, 3.8) is 0 Å². The lowest BCUT2D eigenvalue weighted by Gasteiger charge is -2.12. The molecular weight excluding hydrogens is 266 g/mol. The molecular formula is C16H23N3O2. The average molecular weight is 289 g/mol. The van der Waals surface area contributed by atoms with E-state index in [1.165, 1.54) is 23.6 Å². The number of ether oxygens (including phenoxy) is 1. The van der Waals surface area contributed by atoms with Gasteiger partial charge in [0.25, 0.3) is 0 Å². The Morgan fingerprint density at radius 3 is 2.76 bits per heavy atom. The predicted octanol–water partition coefficient (Wildman–Crippen LogP) is 1.68. The van der Waals surface area contributed by atoms with E-state index >= 15 is 0 Å². The molecule has 0 bridgehead atoms. The fraction of sp³-hybridized carbons (Fsp3) is 0.438. The monoisotopic (exact) mass is 289 g/mol. The van der Waals surface area contributed by atoms with Crippen molar-refractivity contribution in [2.45, 2.75) is 33.4 Å². The molecule has 2 aromatic rings. The summed E-state index contributed by atoms with van der Waals surface area (Å²) >= 11 is 0. The van der Waals surface area contributed by atoms with Crippen molar-refractivity contribution in [1.29, 1.82) is 0 Å². The third-order valence-corrected chi connectivity index (χ3v) is 3.78. The minimum Gasteiger partial charge on any atom is -0.383 e. The average Bonchev–Trinajstić information content (AvgIpc) is 2.72. The predicted molar refractivity (Wildman–Crippen MR) is 84.2 cm³/mol. The molecule has 1 aromatic heterocycles. The van der Waals surface area contributed by atoms with Crippen LogP contribution in [-0.4, -0.2) is 30.6 Å². The topological polar surface area (TPSA) is 80.1 Å². The van der Waals surface area contributed by atoms with Crippen LogP contribution < -0.4 is 11.1 Å². The highest BCUT2D eigenvalue weighted by molar-refractivity contribution is 5.88. The Kier molecular flexibility index (Phi) is 4.65. The van der Waals surface area contributed by atoms with Gasteiger partial charge in [-0.1, -0.05) is 11.6 Å². The summed E-state index contributed by atoms with van der Waals surface area (Å²) in [4.78, 5) is 15.3. The van der Waals surface area contributed by atoms with E-state index in [2.05, 4.69) is 43.2 Å². The fourth-order valence-corrected chi connectivity index (χ4v) is 2.50. The molecule has 0 fully saturated rings. The SMILES string of the molecule is COCC(N)C(=O)NCc1cc(C)cc2c(C)c(C)[nH]c12. The second kappa shape index (κ2) is 6.28. The summed E-state index contributed by atoms with van der Waals surface area (Å²) in [7, 11) is 1.53. The van der Waals surface area contributed by atoms with Gasteiger partial charge in [0.1, 0.15) is 6.04 Å². The van der Waals surface area contributed by atoms with Crippen LogP contribution in [0.5, 0.6) is 0 Å². The molecule has 5 nitrogen and oxygen atoms in total. The van der Waals surface area contributed by atoms with Gasteiger partial charge in [0.15, 0.2) is 0 Å². The van der Waals surface area contributed by atoms with E-state index in [9.17, 15) is 4.79 Å². The number of aryl methyl sites for hydroxylation is 3. The van der Waals surface area contributed by atoms with Crippen molar-refractivity contribution in [3.8, 4) is 0 Å². The van der Waals surface area contributed by atoms with Gasteiger partial charge in [0.2, 0.25) is 5.91 Å². The third-order valence-electron chi connectivity index (χ3n) is 3.78. The van der Waals surface area contributed by atoms with E-state index in [1.807, 2.05) is 0 Å². The molecule has 0 aliphatic rings.